The number of alkyl halides is 2. The smallest absolute Gasteiger partial charge is 0.397 e. The molecule has 206 valence electrons. The molecule has 0 bridgehead atoms. The number of hydrogen-bond acceptors (Lipinski definition) is 7. The maximum Gasteiger partial charge on any atom is 0.397 e. The highest BCUT2D eigenvalue weighted by Gasteiger charge is 2.27. The molecular formula is C27H24Cl2F2N2O5S. The summed E-state index contributed by atoms with van der Waals surface area (Å²) in [5.74, 6) is -1.92. The van der Waals surface area contributed by atoms with Crippen LogP contribution in [-0.4, -0.2) is 36.3 Å². The van der Waals surface area contributed by atoms with Gasteiger partial charge in [0.15, 0.2) is 11.5 Å². The Hall–Kier alpha value is -3.08. The molecule has 4 rings (SSSR count). The molecule has 3 aromatic rings. The molecule has 2 aromatic carbocycles. The van der Waals surface area contributed by atoms with Gasteiger partial charge in [-0.05, 0) is 72.5 Å². The number of aromatic nitrogens is 1. The molecule has 0 aliphatic heterocycles. The minimum absolute atomic E-state index is 0.0290. The molecule has 1 aliphatic carbocycles. The summed E-state index contributed by atoms with van der Waals surface area (Å²) in [6, 6.07) is 11.1. The van der Waals surface area contributed by atoms with Gasteiger partial charge in [0.05, 0.1) is 16.7 Å². The van der Waals surface area contributed by atoms with E-state index in [1.807, 2.05) is 6.26 Å². The number of benzene rings is 2. The lowest BCUT2D eigenvalue weighted by Gasteiger charge is -2.21. The molecule has 1 saturated carbocycles. The van der Waals surface area contributed by atoms with Crippen LogP contribution >= 0.6 is 35.0 Å². The fourth-order valence-electron chi connectivity index (χ4n) is 3.61. The minimum Gasteiger partial charge on any atom is -0.489 e. The van der Waals surface area contributed by atoms with Crippen LogP contribution in [0.4, 0.5) is 14.5 Å². The molecule has 0 spiro atoms. The molecule has 7 nitrogen and oxygen atoms in total. The van der Waals surface area contributed by atoms with E-state index in [-0.39, 0.29) is 28.0 Å². The van der Waals surface area contributed by atoms with E-state index in [4.69, 9.17) is 32.7 Å². The van der Waals surface area contributed by atoms with Crippen LogP contribution in [-0.2, 0) is 20.7 Å². The maximum absolute atomic E-state index is 13.0. The average Bonchev–Trinajstić information content (AvgIpc) is 3.74. The third-order valence-corrected chi connectivity index (χ3v) is 7.25. The molecule has 1 aromatic heterocycles. The quantitative estimate of drug-likeness (QED) is 0.145. The molecule has 0 saturated heterocycles. The Kier molecular flexibility index (Phi) is 9.88. The van der Waals surface area contributed by atoms with E-state index in [1.165, 1.54) is 42.4 Å². The van der Waals surface area contributed by atoms with Gasteiger partial charge in [0.1, 0.15) is 6.10 Å². The Morgan fingerprint density at radius 3 is 2.38 bits per heavy atom. The van der Waals surface area contributed by atoms with Crippen LogP contribution in [0.2, 0.25) is 10.0 Å². The van der Waals surface area contributed by atoms with Crippen molar-refractivity contribution in [3.05, 3.63) is 76.0 Å². The first-order valence-electron chi connectivity index (χ1n) is 11.9. The zero-order valence-electron chi connectivity index (χ0n) is 20.7. The van der Waals surface area contributed by atoms with Crippen LogP contribution in [0, 0.1) is 5.92 Å². The van der Waals surface area contributed by atoms with E-state index < -0.39 is 24.6 Å². The Bertz CT molecular complexity index is 1310. The Labute approximate surface area is 238 Å². The third kappa shape index (κ3) is 8.20. The van der Waals surface area contributed by atoms with E-state index in [0.717, 1.165) is 17.7 Å². The highest BCUT2D eigenvalue weighted by Crippen LogP contribution is 2.38. The number of pyridine rings is 1. The van der Waals surface area contributed by atoms with Gasteiger partial charge < -0.3 is 19.5 Å². The van der Waals surface area contributed by atoms with Crippen LogP contribution in [0.5, 0.6) is 11.5 Å². The number of carbonyl (C=O) groups is 2. The number of anilines is 1. The SMILES string of the molecule is CSc1ccc(NC(=O)C(=O)O[C@@H](Cc2c(Cl)cncc2Cl)c2ccc(OC(F)F)c(OCC3CC3)c2)cc1. The van der Waals surface area contributed by atoms with Gasteiger partial charge >= 0.3 is 18.5 Å². The van der Waals surface area contributed by atoms with Crippen molar-refractivity contribution in [3.63, 3.8) is 0 Å². The predicted molar refractivity (Wildman–Crippen MR) is 145 cm³/mol. The third-order valence-electron chi connectivity index (χ3n) is 5.85. The number of thioether (sulfide) groups is 1. The fourth-order valence-corrected chi connectivity index (χ4v) is 4.54. The van der Waals surface area contributed by atoms with Crippen molar-refractivity contribution in [2.24, 2.45) is 5.92 Å². The summed E-state index contributed by atoms with van der Waals surface area (Å²) in [7, 11) is 0. The first-order chi connectivity index (χ1) is 18.7. The highest BCUT2D eigenvalue weighted by atomic mass is 35.5. The second-order valence-corrected chi connectivity index (χ2v) is 10.4. The fraction of sp³-hybridized carbons (Fsp3) is 0.296. The van der Waals surface area contributed by atoms with Crippen LogP contribution in [0.1, 0.15) is 30.1 Å². The first-order valence-corrected chi connectivity index (χ1v) is 13.9. The molecular weight excluding hydrogens is 573 g/mol. The summed E-state index contributed by atoms with van der Waals surface area (Å²) >= 11 is 14.1. The first kappa shape index (κ1) is 28.9. The molecule has 12 heteroatoms. The number of nitrogens with one attached hydrogen (secondary N) is 1. The van der Waals surface area contributed by atoms with Crippen molar-refractivity contribution in [2.75, 3.05) is 18.2 Å². The van der Waals surface area contributed by atoms with Gasteiger partial charge in [-0.1, -0.05) is 29.3 Å². The molecule has 1 amide bonds. The van der Waals surface area contributed by atoms with Gasteiger partial charge in [-0.15, -0.1) is 11.8 Å². The lowest BCUT2D eigenvalue weighted by molar-refractivity contribution is -0.157. The van der Waals surface area contributed by atoms with Crippen molar-refractivity contribution < 1.29 is 32.6 Å². The maximum atomic E-state index is 13.0. The Balaban J connectivity index is 1.60. The second-order valence-electron chi connectivity index (χ2n) is 8.70. The van der Waals surface area contributed by atoms with E-state index in [0.29, 0.717) is 29.3 Å². The Morgan fingerprint density at radius 2 is 1.77 bits per heavy atom. The predicted octanol–water partition coefficient (Wildman–Crippen LogP) is 6.97. The van der Waals surface area contributed by atoms with Crippen LogP contribution < -0.4 is 14.8 Å². The number of nitrogens with zero attached hydrogens (tertiary/aromatic N) is 1. The standard InChI is InChI=1S/C27H24Cl2F2N2O5S/c1-39-18-7-5-17(6-8-18)33-25(34)26(35)37-23(11-19-20(28)12-32-13-21(19)29)16-4-9-22(38-27(30)31)24(10-16)36-14-15-2-3-15/h4-10,12-13,15,23,27H,2-3,11,14H2,1H3,(H,33,34)/t23-/m0/s1. The summed E-state index contributed by atoms with van der Waals surface area (Å²) in [5, 5.41) is 2.96. The topological polar surface area (TPSA) is 86.8 Å². The number of rotatable bonds is 11. The van der Waals surface area contributed by atoms with Crippen molar-refractivity contribution in [1.82, 2.24) is 4.98 Å². The molecule has 1 fully saturated rings. The van der Waals surface area contributed by atoms with Gasteiger partial charge in [-0.25, -0.2) is 4.79 Å². The Morgan fingerprint density at radius 1 is 1.08 bits per heavy atom. The van der Waals surface area contributed by atoms with Crippen molar-refractivity contribution in [3.8, 4) is 11.5 Å². The minimum atomic E-state index is -3.06. The highest BCUT2D eigenvalue weighted by molar-refractivity contribution is 7.98. The number of amides is 1. The summed E-state index contributed by atoms with van der Waals surface area (Å²) in [4.78, 5) is 30.4. The van der Waals surface area contributed by atoms with Crippen LogP contribution in [0.25, 0.3) is 0 Å². The van der Waals surface area contributed by atoms with E-state index in [9.17, 15) is 18.4 Å². The van der Waals surface area contributed by atoms with Crippen molar-refractivity contribution in [2.45, 2.75) is 36.9 Å². The molecule has 1 N–H and O–H groups in total. The van der Waals surface area contributed by atoms with Crippen molar-refractivity contribution in [1.29, 1.82) is 0 Å². The van der Waals surface area contributed by atoms with Gasteiger partial charge in [0, 0.05) is 29.4 Å². The lowest BCUT2D eigenvalue weighted by atomic mass is 10.0. The zero-order valence-corrected chi connectivity index (χ0v) is 23.0. The number of hydrogen-bond donors (Lipinski definition) is 1. The van der Waals surface area contributed by atoms with E-state index >= 15 is 0 Å². The summed E-state index contributed by atoms with van der Waals surface area (Å²) in [6.45, 7) is -2.73. The average molecular weight is 597 g/mol. The molecule has 1 heterocycles. The molecule has 1 aliphatic rings. The van der Waals surface area contributed by atoms with Gasteiger partial charge in [-0.3, -0.25) is 9.78 Å². The monoisotopic (exact) mass is 596 g/mol. The summed E-state index contributed by atoms with van der Waals surface area (Å²) < 4.78 is 42.0. The molecule has 39 heavy (non-hydrogen) atoms. The zero-order chi connectivity index (χ0) is 27.9. The van der Waals surface area contributed by atoms with Gasteiger partial charge in [-0.2, -0.15) is 8.78 Å². The van der Waals surface area contributed by atoms with Gasteiger partial charge in [0.25, 0.3) is 0 Å². The molecule has 0 radical (unpaired) electrons. The largest absolute Gasteiger partial charge is 0.489 e. The number of ether oxygens (including phenoxy) is 3. The number of esters is 1. The number of carbonyl (C=O) groups excluding carboxylic acids is 2. The summed E-state index contributed by atoms with van der Waals surface area (Å²) in [5.41, 5.74) is 1.19. The molecule has 1 atom stereocenters. The van der Waals surface area contributed by atoms with Crippen molar-refractivity contribution >= 4 is 52.5 Å². The number of halogens is 4. The lowest BCUT2D eigenvalue weighted by Crippen LogP contribution is -2.27. The second kappa shape index (κ2) is 13.3. The van der Waals surface area contributed by atoms with Crippen LogP contribution in [0.3, 0.4) is 0 Å². The molecule has 0 unspecified atom stereocenters. The normalized spacial score (nSPS) is 13.6. The van der Waals surface area contributed by atoms with Crippen LogP contribution in [0.15, 0.2) is 59.8 Å². The van der Waals surface area contributed by atoms with Gasteiger partial charge in [0.2, 0.25) is 0 Å². The summed E-state index contributed by atoms with van der Waals surface area (Å²) in [6.07, 6.45) is 5.55. The van der Waals surface area contributed by atoms with E-state index in [2.05, 4.69) is 15.0 Å². The van der Waals surface area contributed by atoms with E-state index in [1.54, 1.807) is 24.3 Å².